The van der Waals surface area contributed by atoms with Crippen LogP contribution in [0.25, 0.3) is 17.2 Å². The maximum absolute atomic E-state index is 12.7. The maximum atomic E-state index is 12.7. The third-order valence-corrected chi connectivity index (χ3v) is 8.79. The van der Waals surface area contributed by atoms with Gasteiger partial charge in [-0.3, -0.25) is 4.79 Å². The summed E-state index contributed by atoms with van der Waals surface area (Å²) in [4.78, 5) is 12.3. The smallest absolute Gasteiger partial charge is 0.248 e. The molecule has 1 N–H and O–H groups in total. The van der Waals surface area contributed by atoms with Gasteiger partial charge in [0, 0.05) is 17.9 Å². The van der Waals surface area contributed by atoms with Crippen LogP contribution in [0.4, 0.5) is 5.69 Å². The van der Waals surface area contributed by atoms with Crippen LogP contribution in [0.2, 0.25) is 0 Å². The van der Waals surface area contributed by atoms with Crippen molar-refractivity contribution in [1.82, 2.24) is 0 Å². The third kappa shape index (κ3) is 6.54. The number of nitrogens with one attached hydrogen (secondary N) is 1. The summed E-state index contributed by atoms with van der Waals surface area (Å²) in [5, 5.41) is 2.89. The normalized spacial score (nSPS) is 11.6. The lowest BCUT2D eigenvalue weighted by Crippen LogP contribution is -2.07. The average Bonchev–Trinajstić information content (AvgIpc) is 2.79. The Morgan fingerprint density at radius 1 is 0.903 bits per heavy atom. The Kier molecular flexibility index (Phi) is 7.65. The van der Waals surface area contributed by atoms with E-state index in [1.54, 1.807) is 6.08 Å². The van der Waals surface area contributed by atoms with E-state index >= 15 is 0 Å². The van der Waals surface area contributed by atoms with Gasteiger partial charge < -0.3 is 9.88 Å². The molecular weight excluding hydrogens is 401 g/mol. The van der Waals surface area contributed by atoms with Crippen molar-refractivity contribution in [1.29, 1.82) is 0 Å². The van der Waals surface area contributed by atoms with E-state index in [1.807, 2.05) is 56.3 Å². The third-order valence-electron chi connectivity index (χ3n) is 5.54. The molecular formula is C27H30NO2P. The predicted octanol–water partition coefficient (Wildman–Crippen LogP) is 7.22. The zero-order valence-corrected chi connectivity index (χ0v) is 19.4. The van der Waals surface area contributed by atoms with E-state index in [-0.39, 0.29) is 5.91 Å². The largest absolute Gasteiger partial charge is 0.323 e. The number of rotatable bonds is 8. The lowest BCUT2D eigenvalue weighted by Gasteiger charge is -2.14. The van der Waals surface area contributed by atoms with E-state index in [1.165, 1.54) is 5.56 Å². The second-order valence-electron chi connectivity index (χ2n) is 7.86. The SMILES string of the molecule is CCP(=O)(CC)Cc1ccc(NC(=O)C=Cc2cccc(-c3ccc(C)cc3)c2)cc1. The van der Waals surface area contributed by atoms with Crippen LogP contribution < -0.4 is 5.32 Å². The highest BCUT2D eigenvalue weighted by molar-refractivity contribution is 7.63. The first-order valence-electron chi connectivity index (χ1n) is 10.7. The van der Waals surface area contributed by atoms with Crippen molar-refractivity contribution >= 4 is 24.8 Å². The minimum Gasteiger partial charge on any atom is -0.323 e. The highest BCUT2D eigenvalue weighted by atomic mass is 31.2. The fraction of sp³-hybridized carbons (Fsp3) is 0.222. The average molecular weight is 432 g/mol. The Morgan fingerprint density at radius 2 is 1.58 bits per heavy atom. The summed E-state index contributed by atoms with van der Waals surface area (Å²) in [6.45, 7) is 6.05. The summed E-state index contributed by atoms with van der Waals surface area (Å²) < 4.78 is 12.7. The minimum absolute atomic E-state index is 0.179. The van der Waals surface area contributed by atoms with Crippen LogP contribution in [0.3, 0.4) is 0 Å². The highest BCUT2D eigenvalue weighted by Gasteiger charge is 2.17. The van der Waals surface area contributed by atoms with Gasteiger partial charge in [0.2, 0.25) is 5.91 Å². The Hall–Kier alpha value is -2.90. The Morgan fingerprint density at radius 3 is 2.23 bits per heavy atom. The maximum Gasteiger partial charge on any atom is 0.248 e. The fourth-order valence-corrected chi connectivity index (χ4v) is 5.17. The number of anilines is 1. The van der Waals surface area contributed by atoms with E-state index in [2.05, 4.69) is 48.6 Å². The molecule has 0 spiro atoms. The van der Waals surface area contributed by atoms with Crippen molar-refractivity contribution in [2.24, 2.45) is 0 Å². The summed E-state index contributed by atoms with van der Waals surface area (Å²) in [6, 6.07) is 24.2. The second kappa shape index (κ2) is 10.4. The molecule has 0 saturated heterocycles. The lowest BCUT2D eigenvalue weighted by molar-refractivity contribution is -0.111. The summed E-state index contributed by atoms with van der Waals surface area (Å²) in [7, 11) is -2.12. The monoisotopic (exact) mass is 431 g/mol. The molecule has 4 heteroatoms. The van der Waals surface area contributed by atoms with Crippen LogP contribution in [0.1, 0.15) is 30.5 Å². The summed E-state index contributed by atoms with van der Waals surface area (Å²) in [6.07, 6.45) is 5.42. The standard InChI is InChI=1S/C27H30NO2P/c1-4-31(30,5-2)20-23-11-16-26(17-12-23)28-27(29)18-13-22-7-6-8-25(19-22)24-14-9-21(3)10-15-24/h6-19H,4-5,20H2,1-3H3,(H,28,29). The van der Waals surface area contributed by atoms with E-state index in [0.717, 1.165) is 40.3 Å². The number of benzene rings is 3. The van der Waals surface area contributed by atoms with Gasteiger partial charge in [-0.15, -0.1) is 0 Å². The summed E-state index contributed by atoms with van der Waals surface area (Å²) >= 11 is 0. The van der Waals surface area contributed by atoms with Gasteiger partial charge in [-0.2, -0.15) is 0 Å². The molecule has 0 aromatic heterocycles. The van der Waals surface area contributed by atoms with Crippen LogP contribution in [0, 0.1) is 6.92 Å². The van der Waals surface area contributed by atoms with Crippen molar-refractivity contribution in [3.8, 4) is 11.1 Å². The second-order valence-corrected chi connectivity index (χ2v) is 11.6. The van der Waals surface area contributed by atoms with Gasteiger partial charge in [0.1, 0.15) is 0 Å². The first kappa shape index (κ1) is 22.8. The van der Waals surface area contributed by atoms with Crippen molar-refractivity contribution in [2.45, 2.75) is 26.9 Å². The van der Waals surface area contributed by atoms with Gasteiger partial charge in [0.25, 0.3) is 0 Å². The van der Waals surface area contributed by atoms with Crippen LogP contribution in [0.15, 0.2) is 78.9 Å². The van der Waals surface area contributed by atoms with Crippen molar-refractivity contribution in [2.75, 3.05) is 17.6 Å². The molecule has 0 aliphatic carbocycles. The molecule has 3 rings (SSSR count). The van der Waals surface area contributed by atoms with Crippen LogP contribution in [-0.2, 0) is 15.5 Å². The zero-order valence-electron chi connectivity index (χ0n) is 18.5. The Balaban J connectivity index is 1.62. The number of aryl methyl sites for hydroxylation is 1. The van der Waals surface area contributed by atoms with Crippen molar-refractivity contribution in [3.05, 3.63) is 95.6 Å². The van der Waals surface area contributed by atoms with E-state index < -0.39 is 7.14 Å². The quantitative estimate of drug-likeness (QED) is 0.302. The van der Waals surface area contributed by atoms with Gasteiger partial charge >= 0.3 is 0 Å². The van der Waals surface area contributed by atoms with Crippen molar-refractivity contribution < 1.29 is 9.36 Å². The zero-order chi connectivity index (χ0) is 22.3. The van der Waals surface area contributed by atoms with Gasteiger partial charge in [-0.1, -0.05) is 74.0 Å². The number of carbonyl (C=O) groups is 1. The summed E-state index contributed by atoms with van der Waals surface area (Å²) in [5.74, 6) is -0.179. The lowest BCUT2D eigenvalue weighted by atomic mass is 10.0. The molecule has 0 aliphatic heterocycles. The topological polar surface area (TPSA) is 46.2 Å². The number of hydrogen-bond donors (Lipinski definition) is 1. The molecule has 0 heterocycles. The van der Waals surface area contributed by atoms with Gasteiger partial charge in [-0.25, -0.2) is 0 Å². The van der Waals surface area contributed by atoms with Crippen LogP contribution in [0.5, 0.6) is 0 Å². The molecule has 0 saturated carbocycles. The molecule has 31 heavy (non-hydrogen) atoms. The molecule has 160 valence electrons. The fourth-order valence-electron chi connectivity index (χ4n) is 3.40. The molecule has 0 bridgehead atoms. The number of hydrogen-bond acceptors (Lipinski definition) is 2. The Bertz CT molecular complexity index is 1090. The number of amides is 1. The van der Waals surface area contributed by atoms with E-state index in [9.17, 15) is 9.36 Å². The van der Waals surface area contributed by atoms with E-state index in [0.29, 0.717) is 6.16 Å². The van der Waals surface area contributed by atoms with Gasteiger partial charge in [-0.05, 0) is 65.8 Å². The Labute approximate surface area is 185 Å². The van der Waals surface area contributed by atoms with Crippen molar-refractivity contribution in [3.63, 3.8) is 0 Å². The molecule has 3 aromatic carbocycles. The molecule has 1 amide bonds. The first-order valence-corrected chi connectivity index (χ1v) is 13.0. The van der Waals surface area contributed by atoms with Crippen LogP contribution in [-0.4, -0.2) is 18.2 Å². The molecule has 0 unspecified atom stereocenters. The highest BCUT2D eigenvalue weighted by Crippen LogP contribution is 2.48. The molecule has 0 aliphatic rings. The molecule has 3 aromatic rings. The molecule has 3 nitrogen and oxygen atoms in total. The minimum atomic E-state index is -2.12. The molecule has 0 fully saturated rings. The van der Waals surface area contributed by atoms with Gasteiger partial charge in [0.05, 0.1) is 7.14 Å². The first-order chi connectivity index (χ1) is 14.9. The molecule has 0 atom stereocenters. The van der Waals surface area contributed by atoms with Gasteiger partial charge in [0.15, 0.2) is 0 Å². The van der Waals surface area contributed by atoms with E-state index in [4.69, 9.17) is 0 Å². The summed E-state index contributed by atoms with van der Waals surface area (Å²) in [5.41, 5.74) is 6.26. The number of carbonyl (C=O) groups excluding carboxylic acids is 1. The molecule has 0 radical (unpaired) electrons. The van der Waals surface area contributed by atoms with Crippen LogP contribution >= 0.6 is 7.14 Å². The predicted molar refractivity (Wildman–Crippen MR) is 133 cm³/mol.